The molecule has 0 amide bonds. The minimum absolute atomic E-state index is 0.121. The highest BCUT2D eigenvalue weighted by Gasteiger charge is 2.41. The van der Waals surface area contributed by atoms with Crippen LogP contribution in [0.4, 0.5) is 0 Å². The Morgan fingerprint density at radius 3 is 2.88 bits per heavy atom. The van der Waals surface area contributed by atoms with Crippen molar-refractivity contribution in [2.45, 2.75) is 31.4 Å². The number of ether oxygens (including phenoxy) is 1. The number of rotatable bonds is 3. The lowest BCUT2D eigenvalue weighted by Crippen LogP contribution is -2.45. The summed E-state index contributed by atoms with van der Waals surface area (Å²) in [4.78, 5) is 0. The van der Waals surface area contributed by atoms with Crippen molar-refractivity contribution < 1.29 is 4.74 Å². The van der Waals surface area contributed by atoms with Crippen LogP contribution in [0.15, 0.2) is 4.60 Å². The molecule has 7 heteroatoms. The summed E-state index contributed by atoms with van der Waals surface area (Å²) in [5.74, 6) is 5.65. The number of aromatic nitrogens is 3. The molecule has 0 radical (unpaired) electrons. The SMILES string of the molecule is Cn1nnc(Br)c1C(NN)C1(C)CCCO1. The molecule has 0 aliphatic carbocycles. The lowest BCUT2D eigenvalue weighted by Gasteiger charge is -2.32. The number of hydrazine groups is 1. The average molecular weight is 290 g/mol. The molecule has 6 nitrogen and oxygen atoms in total. The van der Waals surface area contributed by atoms with Crippen LogP contribution >= 0.6 is 15.9 Å². The van der Waals surface area contributed by atoms with E-state index in [4.69, 9.17) is 10.6 Å². The molecule has 2 heterocycles. The third kappa shape index (κ3) is 1.88. The molecule has 16 heavy (non-hydrogen) atoms. The van der Waals surface area contributed by atoms with E-state index in [0.717, 1.165) is 25.1 Å². The second-order valence-corrected chi connectivity index (χ2v) is 5.00. The summed E-state index contributed by atoms with van der Waals surface area (Å²) in [6, 6.07) is -0.121. The smallest absolute Gasteiger partial charge is 0.153 e. The monoisotopic (exact) mass is 289 g/mol. The standard InChI is InChI=1S/C9H16BrN5O/c1-9(4-3-5-16-9)7(12-11)6-8(10)13-14-15(6)2/h7,12H,3-5,11H2,1-2H3. The van der Waals surface area contributed by atoms with Gasteiger partial charge >= 0.3 is 0 Å². The molecular weight excluding hydrogens is 274 g/mol. The van der Waals surface area contributed by atoms with Gasteiger partial charge in [-0.25, -0.2) is 10.1 Å². The molecule has 1 aromatic heterocycles. The van der Waals surface area contributed by atoms with Gasteiger partial charge in [0.25, 0.3) is 0 Å². The second-order valence-electron chi connectivity index (χ2n) is 4.25. The maximum Gasteiger partial charge on any atom is 0.153 e. The summed E-state index contributed by atoms with van der Waals surface area (Å²) in [7, 11) is 1.84. The minimum atomic E-state index is -0.299. The summed E-state index contributed by atoms with van der Waals surface area (Å²) >= 11 is 3.38. The van der Waals surface area contributed by atoms with E-state index in [1.54, 1.807) is 4.68 Å². The van der Waals surface area contributed by atoms with Crippen LogP contribution in [0.1, 0.15) is 31.5 Å². The molecular formula is C9H16BrN5O. The highest BCUT2D eigenvalue weighted by molar-refractivity contribution is 9.10. The van der Waals surface area contributed by atoms with Crippen LogP contribution in [0, 0.1) is 0 Å². The lowest BCUT2D eigenvalue weighted by atomic mass is 9.91. The van der Waals surface area contributed by atoms with E-state index in [2.05, 4.69) is 38.6 Å². The number of nitrogens with two attached hydrogens (primary N) is 1. The number of nitrogens with zero attached hydrogens (tertiary/aromatic N) is 3. The molecule has 90 valence electrons. The van der Waals surface area contributed by atoms with E-state index >= 15 is 0 Å². The third-order valence-corrected chi connectivity index (χ3v) is 3.69. The van der Waals surface area contributed by atoms with Gasteiger partial charge in [-0.3, -0.25) is 5.84 Å². The van der Waals surface area contributed by atoms with Crippen LogP contribution in [0.25, 0.3) is 0 Å². The fourth-order valence-electron chi connectivity index (χ4n) is 2.22. The number of aryl methyl sites for hydroxylation is 1. The Morgan fingerprint density at radius 2 is 2.44 bits per heavy atom. The molecule has 3 N–H and O–H groups in total. The van der Waals surface area contributed by atoms with Crippen LogP contribution in [-0.4, -0.2) is 27.2 Å². The van der Waals surface area contributed by atoms with E-state index in [9.17, 15) is 0 Å². The van der Waals surface area contributed by atoms with Crippen molar-refractivity contribution in [2.24, 2.45) is 12.9 Å². The fourth-order valence-corrected chi connectivity index (χ4v) is 2.77. The molecule has 1 aliphatic rings. The summed E-state index contributed by atoms with van der Waals surface area (Å²) in [6.07, 6.45) is 2.02. The molecule has 1 aromatic rings. The van der Waals surface area contributed by atoms with Gasteiger partial charge in [0.2, 0.25) is 0 Å². The number of hydrogen-bond acceptors (Lipinski definition) is 5. The number of halogens is 1. The fraction of sp³-hybridized carbons (Fsp3) is 0.778. The maximum absolute atomic E-state index is 5.80. The normalized spacial score (nSPS) is 27.2. The van der Waals surface area contributed by atoms with Gasteiger partial charge in [0.05, 0.1) is 17.3 Å². The predicted molar refractivity (Wildman–Crippen MR) is 62.4 cm³/mol. The van der Waals surface area contributed by atoms with Gasteiger partial charge < -0.3 is 4.74 Å². The van der Waals surface area contributed by atoms with Gasteiger partial charge in [-0.05, 0) is 35.7 Å². The van der Waals surface area contributed by atoms with Crippen LogP contribution in [-0.2, 0) is 11.8 Å². The molecule has 0 spiro atoms. The first kappa shape index (κ1) is 12.0. The van der Waals surface area contributed by atoms with Crippen LogP contribution in [0.2, 0.25) is 0 Å². The van der Waals surface area contributed by atoms with Gasteiger partial charge in [0.15, 0.2) is 4.60 Å². The maximum atomic E-state index is 5.80. The Bertz CT molecular complexity index is 354. The minimum Gasteiger partial charge on any atom is -0.373 e. The first-order valence-corrected chi connectivity index (χ1v) is 6.03. The molecule has 1 saturated heterocycles. The quantitative estimate of drug-likeness (QED) is 0.631. The van der Waals surface area contributed by atoms with Gasteiger partial charge in [0, 0.05) is 13.7 Å². The molecule has 0 saturated carbocycles. The predicted octanol–water partition coefficient (Wildman–Crippen LogP) is 0.651. The van der Waals surface area contributed by atoms with Gasteiger partial charge in [-0.15, -0.1) is 5.10 Å². The number of nitrogens with one attached hydrogen (secondary N) is 1. The molecule has 2 unspecified atom stereocenters. The molecule has 1 fully saturated rings. The Balaban J connectivity index is 2.36. The Morgan fingerprint density at radius 1 is 1.69 bits per heavy atom. The molecule has 0 bridgehead atoms. The van der Waals surface area contributed by atoms with Gasteiger partial charge in [-0.2, -0.15) is 0 Å². The van der Waals surface area contributed by atoms with Crippen molar-refractivity contribution in [3.05, 3.63) is 10.3 Å². The highest BCUT2D eigenvalue weighted by atomic mass is 79.9. The van der Waals surface area contributed by atoms with E-state index < -0.39 is 0 Å². The van der Waals surface area contributed by atoms with Gasteiger partial charge in [-0.1, -0.05) is 5.21 Å². The Hall–Kier alpha value is -0.500. The van der Waals surface area contributed by atoms with Crippen molar-refractivity contribution >= 4 is 15.9 Å². The van der Waals surface area contributed by atoms with Crippen molar-refractivity contribution in [1.82, 2.24) is 20.4 Å². The Kier molecular flexibility index (Phi) is 3.29. The van der Waals surface area contributed by atoms with Crippen molar-refractivity contribution in [3.8, 4) is 0 Å². The lowest BCUT2D eigenvalue weighted by molar-refractivity contribution is -0.0148. The van der Waals surface area contributed by atoms with Crippen LogP contribution < -0.4 is 11.3 Å². The highest BCUT2D eigenvalue weighted by Crippen LogP contribution is 2.38. The van der Waals surface area contributed by atoms with Crippen molar-refractivity contribution in [2.75, 3.05) is 6.61 Å². The van der Waals surface area contributed by atoms with Crippen LogP contribution in [0.3, 0.4) is 0 Å². The second kappa shape index (κ2) is 4.40. The first-order valence-electron chi connectivity index (χ1n) is 5.23. The molecule has 0 aromatic carbocycles. The van der Waals surface area contributed by atoms with E-state index in [0.29, 0.717) is 4.60 Å². The van der Waals surface area contributed by atoms with Crippen molar-refractivity contribution in [1.29, 1.82) is 0 Å². The van der Waals surface area contributed by atoms with Gasteiger partial charge in [0.1, 0.15) is 0 Å². The molecule has 2 atom stereocenters. The summed E-state index contributed by atoms with van der Waals surface area (Å²) in [5, 5.41) is 7.92. The van der Waals surface area contributed by atoms with Crippen molar-refractivity contribution in [3.63, 3.8) is 0 Å². The summed E-state index contributed by atoms with van der Waals surface area (Å²) < 4.78 is 8.21. The average Bonchev–Trinajstić information content (AvgIpc) is 2.80. The third-order valence-electron chi connectivity index (χ3n) is 3.13. The molecule has 1 aliphatic heterocycles. The Labute approximate surface area is 103 Å². The summed E-state index contributed by atoms with van der Waals surface area (Å²) in [6.45, 7) is 2.83. The van der Waals surface area contributed by atoms with E-state index in [1.165, 1.54) is 0 Å². The first-order chi connectivity index (χ1) is 7.58. The largest absolute Gasteiger partial charge is 0.373 e. The zero-order valence-corrected chi connectivity index (χ0v) is 11.0. The zero-order chi connectivity index (χ0) is 11.8. The summed E-state index contributed by atoms with van der Waals surface area (Å²) in [5.41, 5.74) is 3.42. The topological polar surface area (TPSA) is 78.0 Å². The van der Waals surface area contributed by atoms with E-state index in [1.807, 2.05) is 7.05 Å². The number of hydrogen-bond donors (Lipinski definition) is 2. The molecule has 2 rings (SSSR count). The zero-order valence-electron chi connectivity index (χ0n) is 9.40. The van der Waals surface area contributed by atoms with E-state index in [-0.39, 0.29) is 11.6 Å². The van der Waals surface area contributed by atoms with Crippen LogP contribution in [0.5, 0.6) is 0 Å².